The molecule has 6 nitrogen and oxygen atoms in total. The number of hydrogen-bond donors (Lipinski definition) is 0. The molecular weight excluding hydrogens is 275 g/mol. The van der Waals surface area contributed by atoms with E-state index in [-0.39, 0.29) is 13.1 Å². The average molecular weight is 294 g/mol. The van der Waals surface area contributed by atoms with E-state index in [9.17, 15) is 22.4 Å². The van der Waals surface area contributed by atoms with Crippen molar-refractivity contribution in [2.24, 2.45) is 0 Å². The molecule has 1 aliphatic rings. The van der Waals surface area contributed by atoms with E-state index in [0.29, 0.717) is 34.3 Å². The monoisotopic (exact) mass is 294 g/mol. The number of amides is 2. The minimum atomic E-state index is -4.21. The lowest BCUT2D eigenvalue weighted by molar-refractivity contribution is -0.146. The summed E-state index contributed by atoms with van der Waals surface area (Å²) >= 11 is 0. The first kappa shape index (κ1) is 15.9. The van der Waals surface area contributed by atoms with E-state index in [1.54, 1.807) is 0 Å². The van der Waals surface area contributed by atoms with Gasteiger partial charge in [-0.3, -0.25) is 9.59 Å². The molecular formula is C11H19FN2O4S. The van der Waals surface area contributed by atoms with Crippen molar-refractivity contribution < 1.29 is 22.4 Å². The van der Waals surface area contributed by atoms with E-state index in [0.717, 1.165) is 0 Å². The Balaban J connectivity index is 3.04. The summed E-state index contributed by atoms with van der Waals surface area (Å²) in [6, 6.07) is 0. The van der Waals surface area contributed by atoms with Gasteiger partial charge in [-0.25, -0.2) is 13.0 Å². The topological polar surface area (TPSA) is 74.8 Å². The van der Waals surface area contributed by atoms with E-state index in [4.69, 9.17) is 0 Å². The van der Waals surface area contributed by atoms with Crippen LogP contribution in [0, 0.1) is 0 Å². The van der Waals surface area contributed by atoms with Gasteiger partial charge in [0.15, 0.2) is 0 Å². The predicted octanol–water partition coefficient (Wildman–Crippen LogP) is 0.840. The highest BCUT2D eigenvalue weighted by atomic mass is 32.2. The molecule has 0 saturated carbocycles. The van der Waals surface area contributed by atoms with Crippen molar-refractivity contribution >= 4 is 22.0 Å². The van der Waals surface area contributed by atoms with Gasteiger partial charge in [0.2, 0.25) is 0 Å². The molecule has 1 saturated heterocycles. The van der Waals surface area contributed by atoms with Crippen LogP contribution in [0.4, 0.5) is 4.39 Å². The van der Waals surface area contributed by atoms with Crippen molar-refractivity contribution in [3.63, 3.8) is 0 Å². The second-order valence-corrected chi connectivity index (χ2v) is 6.18. The molecule has 1 rings (SSSR count). The normalized spacial score (nSPS) is 20.2. The molecule has 0 aromatic heterocycles. The number of carbonyl (C=O) groups excluding carboxylic acids is 2. The van der Waals surface area contributed by atoms with Gasteiger partial charge in [-0.05, 0) is 12.8 Å². The minimum absolute atomic E-state index is 0.0893. The second-order valence-electron chi connectivity index (χ2n) is 4.40. The second kappa shape index (κ2) is 6.31. The molecule has 0 aromatic rings. The highest BCUT2D eigenvalue weighted by Crippen LogP contribution is 2.22. The smallest absolute Gasteiger partial charge is 0.270 e. The molecule has 0 atom stereocenters. The summed E-state index contributed by atoms with van der Waals surface area (Å²) in [5, 5.41) is 0. The highest BCUT2D eigenvalue weighted by molar-refractivity contribution is 7.88. The van der Waals surface area contributed by atoms with Crippen LogP contribution in [0.3, 0.4) is 0 Å². The predicted molar refractivity (Wildman–Crippen MR) is 67.1 cm³/mol. The molecule has 1 aliphatic heterocycles. The number of carbonyl (C=O) groups is 2. The number of rotatable bonds is 6. The molecule has 110 valence electrons. The zero-order valence-electron chi connectivity index (χ0n) is 11.1. The van der Waals surface area contributed by atoms with Crippen LogP contribution in [-0.4, -0.2) is 48.1 Å². The van der Waals surface area contributed by atoms with Gasteiger partial charge in [-0.2, -0.15) is 8.42 Å². The van der Waals surface area contributed by atoms with Crippen molar-refractivity contribution in [3.8, 4) is 0 Å². The molecule has 1 fully saturated rings. The Labute approximate surface area is 112 Å². The van der Waals surface area contributed by atoms with Gasteiger partial charge in [-0.1, -0.05) is 26.7 Å². The molecule has 0 aromatic carbocycles. The SMILES string of the molecule is CCCCN1C(=O)C(F)C(=O)N(CCCC)S1(=O)=O. The van der Waals surface area contributed by atoms with Crippen LogP contribution in [0.2, 0.25) is 0 Å². The lowest BCUT2D eigenvalue weighted by Crippen LogP contribution is -2.61. The Morgan fingerprint density at radius 1 is 1.00 bits per heavy atom. The van der Waals surface area contributed by atoms with E-state index in [2.05, 4.69) is 0 Å². The highest BCUT2D eigenvalue weighted by Gasteiger charge is 2.49. The van der Waals surface area contributed by atoms with Crippen LogP contribution < -0.4 is 0 Å². The Hall–Kier alpha value is -1.18. The maximum atomic E-state index is 13.6. The summed E-state index contributed by atoms with van der Waals surface area (Å²) in [5.41, 5.74) is 0. The van der Waals surface area contributed by atoms with E-state index >= 15 is 0 Å². The summed E-state index contributed by atoms with van der Waals surface area (Å²) in [4.78, 5) is 23.2. The molecule has 0 aliphatic carbocycles. The molecule has 0 unspecified atom stereocenters. The number of alkyl halides is 1. The average Bonchev–Trinajstić information content (AvgIpc) is 2.36. The molecule has 2 amide bonds. The van der Waals surface area contributed by atoms with Gasteiger partial charge in [-0.15, -0.1) is 0 Å². The van der Waals surface area contributed by atoms with Crippen LogP contribution >= 0.6 is 0 Å². The first-order valence-corrected chi connectivity index (χ1v) is 7.79. The number of unbranched alkanes of at least 4 members (excludes halogenated alkanes) is 2. The Morgan fingerprint density at radius 3 is 1.68 bits per heavy atom. The molecule has 8 heteroatoms. The summed E-state index contributed by atoms with van der Waals surface area (Å²) < 4.78 is 38.9. The third kappa shape index (κ3) is 3.05. The van der Waals surface area contributed by atoms with Crippen LogP contribution in [-0.2, 0) is 19.8 Å². The van der Waals surface area contributed by atoms with E-state index in [1.807, 2.05) is 13.8 Å². The van der Waals surface area contributed by atoms with E-state index in [1.165, 1.54) is 0 Å². The fourth-order valence-electron chi connectivity index (χ4n) is 1.76. The minimum Gasteiger partial charge on any atom is -0.270 e. The van der Waals surface area contributed by atoms with Crippen LogP contribution in [0.25, 0.3) is 0 Å². The largest absolute Gasteiger partial charge is 0.331 e. The number of hydrogen-bond acceptors (Lipinski definition) is 4. The maximum Gasteiger partial charge on any atom is 0.331 e. The lowest BCUT2D eigenvalue weighted by Gasteiger charge is -2.35. The Kier molecular flexibility index (Phi) is 5.28. The zero-order valence-corrected chi connectivity index (χ0v) is 12.0. The van der Waals surface area contributed by atoms with Crippen molar-refractivity contribution in [1.82, 2.24) is 8.61 Å². The lowest BCUT2D eigenvalue weighted by atomic mass is 10.3. The van der Waals surface area contributed by atoms with Crippen molar-refractivity contribution in [1.29, 1.82) is 0 Å². The van der Waals surface area contributed by atoms with Gasteiger partial charge in [0, 0.05) is 13.1 Å². The summed E-state index contributed by atoms with van der Waals surface area (Å²) in [6.45, 7) is 3.48. The molecule has 19 heavy (non-hydrogen) atoms. The molecule has 0 bridgehead atoms. The van der Waals surface area contributed by atoms with Gasteiger partial charge in [0.1, 0.15) is 0 Å². The number of nitrogens with zero attached hydrogens (tertiary/aromatic N) is 2. The third-order valence-electron chi connectivity index (χ3n) is 2.91. The molecule has 0 spiro atoms. The van der Waals surface area contributed by atoms with E-state index < -0.39 is 28.2 Å². The standard InChI is InChI=1S/C11H19FN2O4S/c1-3-5-7-13-10(15)9(12)11(16)14(8-6-4-2)19(13,17)18/h9H,3-8H2,1-2H3. The zero-order chi connectivity index (χ0) is 14.6. The van der Waals surface area contributed by atoms with Crippen LogP contribution in [0.5, 0.6) is 0 Å². The fraction of sp³-hybridized carbons (Fsp3) is 0.818. The van der Waals surface area contributed by atoms with Gasteiger partial charge in [0.05, 0.1) is 0 Å². The first-order chi connectivity index (χ1) is 8.87. The summed E-state index contributed by atoms with van der Waals surface area (Å²) in [6.07, 6.45) is -0.198. The fourth-order valence-corrected chi connectivity index (χ4v) is 3.36. The quantitative estimate of drug-likeness (QED) is 0.680. The van der Waals surface area contributed by atoms with Crippen molar-refractivity contribution in [3.05, 3.63) is 0 Å². The maximum absolute atomic E-state index is 13.6. The summed E-state index contributed by atoms with van der Waals surface area (Å²) in [5.74, 6) is -2.54. The van der Waals surface area contributed by atoms with Gasteiger partial charge in [0.25, 0.3) is 18.0 Å². The molecule has 0 N–H and O–H groups in total. The van der Waals surface area contributed by atoms with Gasteiger partial charge < -0.3 is 0 Å². The molecule has 1 heterocycles. The van der Waals surface area contributed by atoms with Crippen molar-refractivity contribution in [2.75, 3.05) is 13.1 Å². The van der Waals surface area contributed by atoms with Crippen LogP contribution in [0.15, 0.2) is 0 Å². The first-order valence-electron chi connectivity index (χ1n) is 6.40. The number of halogens is 1. The van der Waals surface area contributed by atoms with Crippen molar-refractivity contribution in [2.45, 2.75) is 45.7 Å². The Bertz CT molecular complexity index is 418. The third-order valence-corrected chi connectivity index (χ3v) is 4.75. The Morgan fingerprint density at radius 2 is 1.37 bits per heavy atom. The van der Waals surface area contributed by atoms with Gasteiger partial charge >= 0.3 is 10.2 Å². The summed E-state index contributed by atoms with van der Waals surface area (Å²) in [7, 11) is -4.21. The molecule has 0 radical (unpaired) electrons. The van der Waals surface area contributed by atoms with Crippen LogP contribution in [0.1, 0.15) is 39.5 Å².